The fourth-order valence-electron chi connectivity index (χ4n) is 1.98. The number of carbonyl (C=O) groups excluding carboxylic acids is 1. The molecule has 2 atom stereocenters. The number of ketones is 1. The molecule has 1 fully saturated rings. The highest BCUT2D eigenvalue weighted by molar-refractivity contribution is 6.00. The van der Waals surface area contributed by atoms with Crippen molar-refractivity contribution in [3.63, 3.8) is 0 Å². The van der Waals surface area contributed by atoms with Crippen LogP contribution in [0.25, 0.3) is 0 Å². The lowest BCUT2D eigenvalue weighted by molar-refractivity contribution is 0.0918. The highest BCUT2D eigenvalue weighted by atomic mass is 19.1. The fourth-order valence-corrected chi connectivity index (χ4v) is 1.98. The van der Waals surface area contributed by atoms with Crippen molar-refractivity contribution >= 4 is 5.78 Å². The van der Waals surface area contributed by atoms with Crippen LogP contribution in [0.5, 0.6) is 0 Å². The van der Waals surface area contributed by atoms with Crippen molar-refractivity contribution in [2.75, 3.05) is 13.7 Å². The summed E-state index contributed by atoms with van der Waals surface area (Å²) >= 11 is 0. The maximum absolute atomic E-state index is 13.0. The molecule has 0 aliphatic carbocycles. The normalized spacial score (nSPS) is 23.9. The Balaban J connectivity index is 2.14. The highest BCUT2D eigenvalue weighted by Gasteiger charge is 2.30. The molecule has 1 heterocycles. The number of hydrogen-bond donors (Lipinski definition) is 1. The van der Waals surface area contributed by atoms with Gasteiger partial charge in [-0.2, -0.15) is 0 Å². The zero-order valence-electron chi connectivity index (χ0n) is 9.37. The minimum atomic E-state index is -0.741. The summed E-state index contributed by atoms with van der Waals surface area (Å²) in [6, 6.07) is 2.42. The Morgan fingerprint density at radius 3 is 2.53 bits per heavy atom. The first kappa shape index (κ1) is 12.1. The van der Waals surface area contributed by atoms with Gasteiger partial charge in [-0.1, -0.05) is 0 Å². The monoisotopic (exact) mass is 241 g/mol. The molecule has 0 aromatic heterocycles. The lowest BCUT2D eigenvalue weighted by Crippen LogP contribution is -2.30. The second-order valence-electron chi connectivity index (χ2n) is 4.08. The lowest BCUT2D eigenvalue weighted by Gasteiger charge is -2.09. The Bertz CT molecular complexity index is 416. The number of Topliss-reactive ketones (excluding diaryl/α,β-unsaturated/α-hetero) is 1. The Labute approximate surface area is 97.8 Å². The number of halogens is 2. The molecule has 0 amide bonds. The third-order valence-corrected chi connectivity index (χ3v) is 2.89. The van der Waals surface area contributed by atoms with Crippen molar-refractivity contribution in [2.24, 2.45) is 0 Å². The Kier molecular flexibility index (Phi) is 3.49. The van der Waals surface area contributed by atoms with Crippen LogP contribution in [-0.4, -0.2) is 31.6 Å². The molecule has 1 N–H and O–H groups in total. The molecule has 5 heteroatoms. The third-order valence-electron chi connectivity index (χ3n) is 2.89. The second-order valence-corrected chi connectivity index (χ2v) is 4.08. The molecule has 2 unspecified atom stereocenters. The van der Waals surface area contributed by atoms with Crippen molar-refractivity contribution < 1.29 is 18.3 Å². The van der Waals surface area contributed by atoms with Crippen molar-refractivity contribution in [1.82, 2.24) is 5.32 Å². The van der Waals surface area contributed by atoms with Gasteiger partial charge >= 0.3 is 0 Å². The van der Waals surface area contributed by atoms with Crippen LogP contribution >= 0.6 is 0 Å². The van der Waals surface area contributed by atoms with E-state index < -0.39 is 17.7 Å². The SMILES string of the molecule is COC1CNC(C(=O)c2cc(F)cc(F)c2)C1. The first-order valence-corrected chi connectivity index (χ1v) is 5.36. The van der Waals surface area contributed by atoms with E-state index in [1.807, 2.05) is 0 Å². The smallest absolute Gasteiger partial charge is 0.180 e. The van der Waals surface area contributed by atoms with E-state index >= 15 is 0 Å². The molecule has 1 aromatic rings. The summed E-state index contributed by atoms with van der Waals surface area (Å²) in [6.07, 6.45) is 0.496. The summed E-state index contributed by atoms with van der Waals surface area (Å²) in [5.41, 5.74) is 0.0525. The number of carbonyl (C=O) groups is 1. The van der Waals surface area contributed by atoms with Crippen LogP contribution in [0, 0.1) is 11.6 Å². The molecule has 0 radical (unpaired) electrons. The van der Waals surface area contributed by atoms with Crippen LogP contribution in [-0.2, 0) is 4.74 Å². The van der Waals surface area contributed by atoms with E-state index in [1.54, 1.807) is 7.11 Å². The number of benzene rings is 1. The molecular formula is C12H13F2NO2. The zero-order valence-corrected chi connectivity index (χ0v) is 9.37. The molecule has 2 rings (SSSR count). The van der Waals surface area contributed by atoms with Crippen LogP contribution in [0.15, 0.2) is 18.2 Å². The molecule has 0 saturated carbocycles. The molecule has 1 saturated heterocycles. The van der Waals surface area contributed by atoms with E-state index in [-0.39, 0.29) is 17.5 Å². The van der Waals surface area contributed by atoms with Gasteiger partial charge in [0.1, 0.15) is 11.6 Å². The van der Waals surface area contributed by atoms with Crippen LogP contribution < -0.4 is 5.32 Å². The van der Waals surface area contributed by atoms with Crippen molar-refractivity contribution in [1.29, 1.82) is 0 Å². The quantitative estimate of drug-likeness (QED) is 0.815. The maximum atomic E-state index is 13.0. The lowest BCUT2D eigenvalue weighted by atomic mass is 10.0. The van der Waals surface area contributed by atoms with E-state index in [0.717, 1.165) is 18.2 Å². The van der Waals surface area contributed by atoms with E-state index in [0.29, 0.717) is 13.0 Å². The number of ether oxygens (including phenoxy) is 1. The Hall–Kier alpha value is -1.33. The standard InChI is InChI=1S/C12H13F2NO2/c1-17-10-5-11(15-6-10)12(16)7-2-8(13)4-9(14)3-7/h2-4,10-11,15H,5-6H2,1H3. The minimum absolute atomic E-state index is 0.0256. The van der Waals surface area contributed by atoms with Gasteiger partial charge in [0.15, 0.2) is 5.78 Å². The maximum Gasteiger partial charge on any atom is 0.180 e. The molecule has 17 heavy (non-hydrogen) atoms. The first-order chi connectivity index (χ1) is 8.10. The Morgan fingerprint density at radius 2 is 2.00 bits per heavy atom. The van der Waals surface area contributed by atoms with Gasteiger partial charge in [0.25, 0.3) is 0 Å². The summed E-state index contributed by atoms with van der Waals surface area (Å²) in [5, 5.41) is 2.98. The predicted octanol–water partition coefficient (Wildman–Crippen LogP) is 1.52. The Morgan fingerprint density at radius 1 is 1.35 bits per heavy atom. The van der Waals surface area contributed by atoms with Crippen LogP contribution in [0.4, 0.5) is 8.78 Å². The third kappa shape index (κ3) is 2.68. The average Bonchev–Trinajstić information content (AvgIpc) is 2.75. The van der Waals surface area contributed by atoms with Gasteiger partial charge in [0.05, 0.1) is 12.1 Å². The van der Waals surface area contributed by atoms with Crippen molar-refractivity contribution in [2.45, 2.75) is 18.6 Å². The van der Waals surface area contributed by atoms with Gasteiger partial charge < -0.3 is 10.1 Å². The topological polar surface area (TPSA) is 38.3 Å². The van der Waals surface area contributed by atoms with Gasteiger partial charge in [0, 0.05) is 25.3 Å². The van der Waals surface area contributed by atoms with Gasteiger partial charge in [-0.05, 0) is 18.6 Å². The highest BCUT2D eigenvalue weighted by Crippen LogP contribution is 2.16. The second kappa shape index (κ2) is 4.89. The van der Waals surface area contributed by atoms with E-state index in [1.165, 1.54) is 0 Å². The number of rotatable bonds is 3. The van der Waals surface area contributed by atoms with Crippen LogP contribution in [0.2, 0.25) is 0 Å². The predicted molar refractivity (Wildman–Crippen MR) is 57.9 cm³/mol. The van der Waals surface area contributed by atoms with E-state index in [2.05, 4.69) is 5.32 Å². The summed E-state index contributed by atoms with van der Waals surface area (Å²) in [6.45, 7) is 0.574. The fraction of sp³-hybridized carbons (Fsp3) is 0.417. The van der Waals surface area contributed by atoms with Crippen molar-refractivity contribution in [3.05, 3.63) is 35.4 Å². The number of nitrogens with one attached hydrogen (secondary N) is 1. The summed E-state index contributed by atoms with van der Waals surface area (Å²) in [7, 11) is 1.57. The molecular weight excluding hydrogens is 228 g/mol. The number of methoxy groups -OCH3 is 1. The summed E-state index contributed by atoms with van der Waals surface area (Å²) in [4.78, 5) is 12.0. The minimum Gasteiger partial charge on any atom is -0.380 e. The number of hydrogen-bond acceptors (Lipinski definition) is 3. The largest absolute Gasteiger partial charge is 0.380 e. The van der Waals surface area contributed by atoms with Gasteiger partial charge in [0.2, 0.25) is 0 Å². The van der Waals surface area contributed by atoms with Crippen LogP contribution in [0.1, 0.15) is 16.8 Å². The van der Waals surface area contributed by atoms with Gasteiger partial charge in [-0.25, -0.2) is 8.78 Å². The van der Waals surface area contributed by atoms with E-state index in [9.17, 15) is 13.6 Å². The molecule has 92 valence electrons. The molecule has 0 spiro atoms. The van der Waals surface area contributed by atoms with Crippen molar-refractivity contribution in [3.8, 4) is 0 Å². The molecule has 3 nitrogen and oxygen atoms in total. The zero-order chi connectivity index (χ0) is 12.4. The average molecular weight is 241 g/mol. The molecule has 1 aliphatic heterocycles. The first-order valence-electron chi connectivity index (χ1n) is 5.36. The summed E-state index contributed by atoms with van der Waals surface area (Å²) in [5.74, 6) is -1.78. The molecule has 0 bridgehead atoms. The van der Waals surface area contributed by atoms with Crippen LogP contribution in [0.3, 0.4) is 0 Å². The van der Waals surface area contributed by atoms with Gasteiger partial charge in [-0.3, -0.25) is 4.79 Å². The summed E-state index contributed by atoms with van der Waals surface area (Å²) < 4.78 is 31.1. The van der Waals surface area contributed by atoms with E-state index in [4.69, 9.17) is 4.74 Å². The molecule has 1 aliphatic rings. The van der Waals surface area contributed by atoms with Gasteiger partial charge in [-0.15, -0.1) is 0 Å². The molecule has 1 aromatic carbocycles.